The van der Waals surface area contributed by atoms with Gasteiger partial charge in [-0.15, -0.1) is 0 Å². The predicted molar refractivity (Wildman–Crippen MR) is 81.6 cm³/mol. The summed E-state index contributed by atoms with van der Waals surface area (Å²) in [6, 6.07) is 7.97. The van der Waals surface area contributed by atoms with Crippen molar-refractivity contribution in [2.24, 2.45) is 0 Å². The highest BCUT2D eigenvalue weighted by Crippen LogP contribution is 2.19. The Hall–Kier alpha value is -1.26. The van der Waals surface area contributed by atoms with Gasteiger partial charge >= 0.3 is 5.97 Å². The number of anilines is 1. The van der Waals surface area contributed by atoms with Gasteiger partial charge in [0.2, 0.25) is 0 Å². The average Bonchev–Trinajstić information content (AvgIpc) is 2.45. The molecule has 0 radical (unpaired) electrons. The normalized spacial score (nSPS) is 16.4. The number of carbonyl (C=O) groups is 1. The van der Waals surface area contributed by atoms with Gasteiger partial charge in [0.25, 0.3) is 0 Å². The lowest BCUT2D eigenvalue weighted by atomic mass is 10.2. The molecule has 0 atom stereocenters. The molecule has 5 heteroatoms. The van der Waals surface area contributed by atoms with Crippen molar-refractivity contribution in [2.45, 2.75) is 19.3 Å². The van der Waals surface area contributed by atoms with Crippen LogP contribution in [0.15, 0.2) is 24.3 Å². The monoisotopic (exact) mass is 296 g/mol. The number of benzene rings is 1. The van der Waals surface area contributed by atoms with Crippen LogP contribution >= 0.6 is 11.6 Å². The van der Waals surface area contributed by atoms with Crippen LogP contribution in [0.2, 0.25) is 5.02 Å². The molecule has 20 heavy (non-hydrogen) atoms. The number of halogens is 1. The third-order valence-electron chi connectivity index (χ3n) is 3.68. The van der Waals surface area contributed by atoms with Crippen molar-refractivity contribution in [3.05, 3.63) is 29.3 Å². The molecule has 1 saturated heterocycles. The Balaban J connectivity index is 1.69. The maximum atomic E-state index is 10.4. The van der Waals surface area contributed by atoms with Crippen LogP contribution in [0.4, 0.5) is 5.69 Å². The number of nitrogens with zero attached hydrogens (tertiary/aromatic N) is 2. The third kappa shape index (κ3) is 4.69. The molecule has 0 bridgehead atoms. The van der Waals surface area contributed by atoms with Gasteiger partial charge in [0.05, 0.1) is 0 Å². The van der Waals surface area contributed by atoms with E-state index in [0.717, 1.165) is 50.6 Å². The van der Waals surface area contributed by atoms with Crippen molar-refractivity contribution in [1.29, 1.82) is 0 Å². The van der Waals surface area contributed by atoms with E-state index in [0.29, 0.717) is 0 Å². The van der Waals surface area contributed by atoms with E-state index >= 15 is 0 Å². The molecule has 1 aromatic rings. The average molecular weight is 297 g/mol. The zero-order valence-corrected chi connectivity index (χ0v) is 12.4. The van der Waals surface area contributed by atoms with Crippen LogP contribution in [0, 0.1) is 0 Å². The molecule has 0 aliphatic carbocycles. The number of rotatable bonds is 6. The molecule has 1 fully saturated rings. The van der Waals surface area contributed by atoms with Gasteiger partial charge in [-0.05, 0) is 43.7 Å². The Labute approximate surface area is 124 Å². The van der Waals surface area contributed by atoms with Crippen molar-refractivity contribution in [1.82, 2.24) is 4.90 Å². The first-order valence-corrected chi connectivity index (χ1v) is 7.47. The second-order valence-corrected chi connectivity index (χ2v) is 5.59. The van der Waals surface area contributed by atoms with E-state index in [9.17, 15) is 4.79 Å². The number of aliphatic carboxylic acids is 1. The summed E-state index contributed by atoms with van der Waals surface area (Å²) in [4.78, 5) is 15.2. The lowest BCUT2D eigenvalue weighted by Gasteiger charge is -2.36. The van der Waals surface area contributed by atoms with Gasteiger partial charge in [-0.2, -0.15) is 0 Å². The summed E-state index contributed by atoms with van der Waals surface area (Å²) in [6.45, 7) is 5.11. The quantitative estimate of drug-likeness (QED) is 0.820. The molecule has 0 spiro atoms. The first-order chi connectivity index (χ1) is 9.65. The molecule has 1 aliphatic heterocycles. The van der Waals surface area contributed by atoms with Gasteiger partial charge in [0.15, 0.2) is 0 Å². The Morgan fingerprint density at radius 2 is 1.75 bits per heavy atom. The summed E-state index contributed by atoms with van der Waals surface area (Å²) >= 11 is 5.90. The highest BCUT2D eigenvalue weighted by atomic mass is 35.5. The van der Waals surface area contributed by atoms with E-state index in [1.165, 1.54) is 5.69 Å². The fraction of sp³-hybridized carbons (Fsp3) is 0.533. The summed E-state index contributed by atoms with van der Waals surface area (Å²) in [5.41, 5.74) is 1.22. The molecule has 0 amide bonds. The summed E-state index contributed by atoms with van der Waals surface area (Å²) in [5.74, 6) is -0.697. The van der Waals surface area contributed by atoms with Crippen LogP contribution in [-0.2, 0) is 4.79 Å². The minimum atomic E-state index is -0.697. The number of hydrogen-bond acceptors (Lipinski definition) is 3. The number of piperazine rings is 1. The largest absolute Gasteiger partial charge is 0.481 e. The topological polar surface area (TPSA) is 43.8 Å². The fourth-order valence-electron chi connectivity index (χ4n) is 2.49. The van der Waals surface area contributed by atoms with Gasteiger partial charge in [-0.3, -0.25) is 9.69 Å². The molecule has 110 valence electrons. The zero-order chi connectivity index (χ0) is 14.4. The maximum absolute atomic E-state index is 10.4. The molecule has 4 nitrogen and oxygen atoms in total. The van der Waals surface area contributed by atoms with Crippen molar-refractivity contribution < 1.29 is 9.90 Å². The highest BCUT2D eigenvalue weighted by molar-refractivity contribution is 6.30. The Morgan fingerprint density at radius 1 is 1.10 bits per heavy atom. The van der Waals surface area contributed by atoms with Crippen molar-refractivity contribution in [3.8, 4) is 0 Å². The minimum absolute atomic E-state index is 0.282. The number of unbranched alkanes of at least 4 members (excludes halogenated alkanes) is 1. The van der Waals surface area contributed by atoms with E-state index in [2.05, 4.69) is 21.9 Å². The molecule has 1 aromatic carbocycles. The summed E-state index contributed by atoms with van der Waals surface area (Å²) < 4.78 is 0. The minimum Gasteiger partial charge on any atom is -0.481 e. The van der Waals surface area contributed by atoms with Crippen molar-refractivity contribution in [2.75, 3.05) is 37.6 Å². The van der Waals surface area contributed by atoms with Crippen molar-refractivity contribution in [3.63, 3.8) is 0 Å². The van der Waals surface area contributed by atoms with Crippen LogP contribution in [0.3, 0.4) is 0 Å². The molecule has 0 saturated carbocycles. The van der Waals surface area contributed by atoms with Crippen LogP contribution in [0.25, 0.3) is 0 Å². The molecule has 1 N–H and O–H groups in total. The molecule has 0 unspecified atom stereocenters. The third-order valence-corrected chi connectivity index (χ3v) is 3.93. The highest BCUT2D eigenvalue weighted by Gasteiger charge is 2.16. The fourth-order valence-corrected chi connectivity index (χ4v) is 2.62. The van der Waals surface area contributed by atoms with Crippen LogP contribution in [0.1, 0.15) is 19.3 Å². The standard InChI is InChI=1S/C15H21ClN2O2/c16-13-4-6-14(7-5-13)18-11-9-17(10-12-18)8-2-1-3-15(19)20/h4-7H,1-3,8-12H2,(H,19,20). The zero-order valence-electron chi connectivity index (χ0n) is 11.6. The van der Waals surface area contributed by atoms with Gasteiger partial charge in [-0.1, -0.05) is 11.6 Å². The first kappa shape index (κ1) is 15.1. The summed E-state index contributed by atoms with van der Waals surface area (Å²) in [7, 11) is 0. The summed E-state index contributed by atoms with van der Waals surface area (Å²) in [6.07, 6.45) is 2.02. The first-order valence-electron chi connectivity index (χ1n) is 7.10. The SMILES string of the molecule is O=C(O)CCCCN1CCN(c2ccc(Cl)cc2)CC1. The second kappa shape index (κ2) is 7.50. The molecular formula is C15H21ClN2O2. The van der Waals surface area contributed by atoms with Gasteiger partial charge < -0.3 is 10.0 Å². The predicted octanol–water partition coefficient (Wildman–Crippen LogP) is 2.72. The van der Waals surface area contributed by atoms with E-state index in [1.54, 1.807) is 0 Å². The van der Waals surface area contributed by atoms with E-state index in [4.69, 9.17) is 16.7 Å². The van der Waals surface area contributed by atoms with Gasteiger partial charge in [0, 0.05) is 43.3 Å². The van der Waals surface area contributed by atoms with Crippen molar-refractivity contribution >= 4 is 23.3 Å². The summed E-state index contributed by atoms with van der Waals surface area (Å²) in [5, 5.41) is 9.37. The molecule has 2 rings (SSSR count). The van der Waals surface area contributed by atoms with Crippen LogP contribution in [-0.4, -0.2) is 48.7 Å². The molecule has 0 aromatic heterocycles. The second-order valence-electron chi connectivity index (χ2n) is 5.16. The molecular weight excluding hydrogens is 276 g/mol. The lowest BCUT2D eigenvalue weighted by Crippen LogP contribution is -2.46. The Morgan fingerprint density at radius 3 is 2.35 bits per heavy atom. The lowest BCUT2D eigenvalue weighted by molar-refractivity contribution is -0.137. The Kier molecular flexibility index (Phi) is 5.68. The number of carboxylic acids is 1. The number of hydrogen-bond donors (Lipinski definition) is 1. The van der Waals surface area contributed by atoms with E-state index in [1.807, 2.05) is 12.1 Å². The smallest absolute Gasteiger partial charge is 0.303 e. The molecule has 1 heterocycles. The van der Waals surface area contributed by atoms with Gasteiger partial charge in [-0.25, -0.2) is 0 Å². The van der Waals surface area contributed by atoms with E-state index < -0.39 is 5.97 Å². The van der Waals surface area contributed by atoms with Crippen LogP contribution < -0.4 is 4.90 Å². The maximum Gasteiger partial charge on any atom is 0.303 e. The van der Waals surface area contributed by atoms with Crippen LogP contribution in [0.5, 0.6) is 0 Å². The Bertz CT molecular complexity index is 428. The van der Waals surface area contributed by atoms with E-state index in [-0.39, 0.29) is 6.42 Å². The van der Waals surface area contributed by atoms with Gasteiger partial charge in [0.1, 0.15) is 0 Å². The number of carboxylic acid groups (broad SMARTS) is 1. The molecule has 1 aliphatic rings.